The first-order chi connectivity index (χ1) is 9.90. The van der Waals surface area contributed by atoms with Gasteiger partial charge in [0.15, 0.2) is 0 Å². The molecule has 0 aliphatic heterocycles. The fraction of sp³-hybridized carbons (Fsp3) is 0.154. The normalized spacial score (nSPS) is 10.3. The van der Waals surface area contributed by atoms with Gasteiger partial charge in [-0.3, -0.25) is 24.7 Å². The maximum Gasteiger partial charge on any atom is 0.323 e. The van der Waals surface area contributed by atoms with E-state index < -0.39 is 23.3 Å². The zero-order chi connectivity index (χ0) is 15.6. The molecule has 0 aliphatic carbocycles. The van der Waals surface area contributed by atoms with Crippen LogP contribution in [0.2, 0.25) is 0 Å². The van der Waals surface area contributed by atoms with E-state index in [4.69, 9.17) is 5.11 Å². The molecule has 1 aromatic heterocycles. The van der Waals surface area contributed by atoms with E-state index in [9.17, 15) is 19.7 Å². The third-order valence-corrected chi connectivity index (χ3v) is 2.88. The number of nitro groups is 1. The number of aromatic nitrogens is 1. The number of fused-ring (bicyclic) bond motifs is 1. The highest BCUT2D eigenvalue weighted by molar-refractivity contribution is 6.06. The van der Waals surface area contributed by atoms with E-state index in [2.05, 4.69) is 4.98 Å². The molecule has 0 aliphatic rings. The second-order valence-electron chi connectivity index (χ2n) is 4.38. The Morgan fingerprint density at radius 3 is 2.71 bits per heavy atom. The van der Waals surface area contributed by atoms with E-state index in [1.165, 1.54) is 31.4 Å². The predicted octanol–water partition coefficient (Wildman–Crippen LogP) is 1.30. The SMILES string of the molecule is CN(CC(=O)O)C(=O)c1nccc2ccc([N+](=O)[O-])cc12. The Kier molecular flexibility index (Phi) is 3.79. The number of rotatable bonds is 4. The van der Waals surface area contributed by atoms with E-state index in [0.717, 1.165) is 4.90 Å². The molecule has 1 N–H and O–H groups in total. The smallest absolute Gasteiger partial charge is 0.323 e. The van der Waals surface area contributed by atoms with Gasteiger partial charge in [0, 0.05) is 30.8 Å². The summed E-state index contributed by atoms with van der Waals surface area (Å²) < 4.78 is 0. The van der Waals surface area contributed by atoms with E-state index in [0.29, 0.717) is 10.8 Å². The first-order valence-electron chi connectivity index (χ1n) is 5.90. The fourth-order valence-corrected chi connectivity index (χ4v) is 1.90. The van der Waals surface area contributed by atoms with Crippen LogP contribution in [0, 0.1) is 10.1 Å². The minimum atomic E-state index is -1.16. The summed E-state index contributed by atoms with van der Waals surface area (Å²) in [6.07, 6.45) is 1.40. The van der Waals surface area contributed by atoms with Crippen LogP contribution < -0.4 is 0 Å². The van der Waals surface area contributed by atoms with Crippen LogP contribution in [0.15, 0.2) is 30.5 Å². The number of nitro benzene ring substituents is 1. The van der Waals surface area contributed by atoms with Crippen molar-refractivity contribution in [2.45, 2.75) is 0 Å². The van der Waals surface area contributed by atoms with Gasteiger partial charge in [0.25, 0.3) is 11.6 Å². The highest BCUT2D eigenvalue weighted by atomic mass is 16.6. The summed E-state index contributed by atoms with van der Waals surface area (Å²) in [5, 5.41) is 20.5. The van der Waals surface area contributed by atoms with Crippen molar-refractivity contribution in [1.29, 1.82) is 0 Å². The Hall–Kier alpha value is -3.03. The molecular formula is C13H11N3O5. The molecule has 8 heteroatoms. The van der Waals surface area contributed by atoms with E-state index in [-0.39, 0.29) is 11.4 Å². The van der Waals surface area contributed by atoms with Crippen LogP contribution in [0.25, 0.3) is 10.8 Å². The van der Waals surface area contributed by atoms with Crippen LogP contribution in [0.3, 0.4) is 0 Å². The minimum absolute atomic E-state index is 0.0139. The van der Waals surface area contributed by atoms with Crippen LogP contribution in [0.5, 0.6) is 0 Å². The number of amides is 1. The highest BCUT2D eigenvalue weighted by Gasteiger charge is 2.19. The maximum atomic E-state index is 12.2. The summed E-state index contributed by atoms with van der Waals surface area (Å²) in [4.78, 5) is 38.0. The Labute approximate surface area is 118 Å². The van der Waals surface area contributed by atoms with E-state index in [1.54, 1.807) is 6.07 Å². The number of nitrogens with zero attached hydrogens (tertiary/aromatic N) is 3. The number of benzene rings is 1. The minimum Gasteiger partial charge on any atom is -0.480 e. The molecule has 8 nitrogen and oxygen atoms in total. The van der Waals surface area contributed by atoms with Crippen molar-refractivity contribution >= 4 is 28.3 Å². The van der Waals surface area contributed by atoms with Crippen molar-refractivity contribution in [2.24, 2.45) is 0 Å². The molecule has 0 fully saturated rings. The first kappa shape index (κ1) is 14.4. The first-order valence-corrected chi connectivity index (χ1v) is 5.90. The Morgan fingerprint density at radius 2 is 2.10 bits per heavy atom. The van der Waals surface area contributed by atoms with Crippen LogP contribution in [-0.4, -0.2) is 45.4 Å². The van der Waals surface area contributed by atoms with Crippen LogP contribution in [-0.2, 0) is 4.79 Å². The largest absolute Gasteiger partial charge is 0.480 e. The predicted molar refractivity (Wildman–Crippen MR) is 73.0 cm³/mol. The molecule has 1 heterocycles. The number of hydrogen-bond acceptors (Lipinski definition) is 5. The molecule has 0 bridgehead atoms. The number of carbonyl (C=O) groups excluding carboxylic acids is 1. The zero-order valence-corrected chi connectivity index (χ0v) is 11.0. The van der Waals surface area contributed by atoms with Gasteiger partial charge in [0.1, 0.15) is 12.2 Å². The van der Waals surface area contributed by atoms with Crippen LogP contribution >= 0.6 is 0 Å². The number of aliphatic carboxylic acids is 1. The average molecular weight is 289 g/mol. The van der Waals surface area contributed by atoms with Gasteiger partial charge in [-0.25, -0.2) is 0 Å². The summed E-state index contributed by atoms with van der Waals surface area (Å²) in [6, 6.07) is 5.72. The van der Waals surface area contributed by atoms with E-state index in [1.807, 2.05) is 0 Å². The Morgan fingerprint density at radius 1 is 1.38 bits per heavy atom. The topological polar surface area (TPSA) is 114 Å². The van der Waals surface area contributed by atoms with Gasteiger partial charge in [-0.2, -0.15) is 0 Å². The number of carboxylic acids is 1. The summed E-state index contributed by atoms with van der Waals surface area (Å²) in [5.74, 6) is -1.76. The van der Waals surface area contributed by atoms with Crippen molar-refractivity contribution < 1.29 is 19.6 Å². The molecule has 2 aromatic rings. The lowest BCUT2D eigenvalue weighted by Crippen LogP contribution is -2.32. The third kappa shape index (κ3) is 2.94. The molecule has 1 amide bonds. The van der Waals surface area contributed by atoms with Gasteiger partial charge >= 0.3 is 5.97 Å². The van der Waals surface area contributed by atoms with Crippen molar-refractivity contribution in [3.8, 4) is 0 Å². The van der Waals surface area contributed by atoms with Crippen molar-refractivity contribution in [3.05, 3.63) is 46.3 Å². The second kappa shape index (κ2) is 5.53. The Bertz CT molecular complexity index is 744. The highest BCUT2D eigenvalue weighted by Crippen LogP contribution is 2.23. The molecule has 0 atom stereocenters. The monoisotopic (exact) mass is 289 g/mol. The number of carboxylic acid groups (broad SMARTS) is 1. The van der Waals surface area contributed by atoms with Gasteiger partial charge in [-0.15, -0.1) is 0 Å². The quantitative estimate of drug-likeness (QED) is 0.670. The zero-order valence-electron chi connectivity index (χ0n) is 11.0. The van der Waals surface area contributed by atoms with Gasteiger partial charge in [0.05, 0.1) is 4.92 Å². The van der Waals surface area contributed by atoms with Crippen LogP contribution in [0.1, 0.15) is 10.5 Å². The third-order valence-electron chi connectivity index (χ3n) is 2.88. The van der Waals surface area contributed by atoms with Crippen molar-refractivity contribution in [2.75, 3.05) is 13.6 Å². The molecule has 2 rings (SSSR count). The summed E-state index contributed by atoms with van der Waals surface area (Å²) in [7, 11) is 1.33. The van der Waals surface area contributed by atoms with Gasteiger partial charge < -0.3 is 10.0 Å². The number of hydrogen-bond donors (Lipinski definition) is 1. The van der Waals surface area contributed by atoms with E-state index >= 15 is 0 Å². The molecule has 1 aromatic carbocycles. The molecule has 0 spiro atoms. The molecule has 0 radical (unpaired) electrons. The van der Waals surface area contributed by atoms with Gasteiger partial charge in [-0.1, -0.05) is 0 Å². The van der Waals surface area contributed by atoms with Gasteiger partial charge in [0.2, 0.25) is 0 Å². The molecule has 0 unspecified atom stereocenters. The summed E-state index contributed by atoms with van der Waals surface area (Å²) in [6.45, 7) is -0.480. The number of pyridine rings is 1. The molecular weight excluding hydrogens is 278 g/mol. The van der Waals surface area contributed by atoms with Crippen molar-refractivity contribution in [1.82, 2.24) is 9.88 Å². The number of likely N-dealkylation sites (N-methyl/N-ethyl adjacent to an activating group) is 1. The fourth-order valence-electron chi connectivity index (χ4n) is 1.90. The molecule has 21 heavy (non-hydrogen) atoms. The number of non-ortho nitro benzene ring substituents is 1. The van der Waals surface area contributed by atoms with Crippen molar-refractivity contribution in [3.63, 3.8) is 0 Å². The standard InChI is InChI=1S/C13H11N3O5/c1-15(7-11(17)18)13(19)12-10-6-9(16(20)21)3-2-8(10)4-5-14-12/h2-6H,7H2,1H3,(H,17,18). The lowest BCUT2D eigenvalue weighted by molar-refractivity contribution is -0.384. The van der Waals surface area contributed by atoms with Gasteiger partial charge in [-0.05, 0) is 17.5 Å². The molecule has 0 saturated heterocycles. The Balaban J connectivity index is 2.52. The summed E-state index contributed by atoms with van der Waals surface area (Å²) in [5.41, 5.74) is -0.176. The summed E-state index contributed by atoms with van der Waals surface area (Å²) >= 11 is 0. The number of carbonyl (C=O) groups is 2. The molecule has 108 valence electrons. The lowest BCUT2D eigenvalue weighted by Gasteiger charge is -2.14. The maximum absolute atomic E-state index is 12.2. The second-order valence-corrected chi connectivity index (χ2v) is 4.38. The molecule has 0 saturated carbocycles. The average Bonchev–Trinajstić information content (AvgIpc) is 2.44. The lowest BCUT2D eigenvalue weighted by atomic mass is 10.1. The van der Waals surface area contributed by atoms with Crippen LogP contribution in [0.4, 0.5) is 5.69 Å².